The lowest BCUT2D eigenvalue weighted by Crippen LogP contribution is -2.19. The third kappa shape index (κ3) is 2.20. The van der Waals surface area contributed by atoms with Gasteiger partial charge in [-0.05, 0) is 24.7 Å². The Morgan fingerprint density at radius 1 is 1.50 bits per heavy atom. The van der Waals surface area contributed by atoms with Gasteiger partial charge in [-0.2, -0.15) is 0 Å². The maximum atomic E-state index is 4.12. The van der Waals surface area contributed by atoms with Crippen molar-refractivity contribution in [2.75, 3.05) is 7.05 Å². The first kappa shape index (κ1) is 9.50. The summed E-state index contributed by atoms with van der Waals surface area (Å²) in [4.78, 5) is 4.12. The third-order valence-electron chi connectivity index (χ3n) is 2.80. The molecule has 1 rings (SSSR count). The van der Waals surface area contributed by atoms with Crippen LogP contribution in [0.2, 0.25) is 0 Å². The van der Waals surface area contributed by atoms with Crippen LogP contribution in [-0.4, -0.2) is 13.3 Å². The molecule has 0 aliphatic heterocycles. The van der Waals surface area contributed by atoms with Gasteiger partial charge in [-0.25, -0.2) is 0 Å². The van der Waals surface area contributed by atoms with E-state index >= 15 is 0 Å². The Hall–Kier alpha value is -0.590. The Morgan fingerprint density at radius 2 is 2.25 bits per heavy atom. The molecule has 1 aliphatic rings. The molecule has 1 nitrogen and oxygen atoms in total. The van der Waals surface area contributed by atoms with Crippen LogP contribution in [0.5, 0.6) is 0 Å². The van der Waals surface area contributed by atoms with Crippen LogP contribution in [0.15, 0.2) is 17.1 Å². The van der Waals surface area contributed by atoms with Gasteiger partial charge in [0.15, 0.2) is 0 Å². The van der Waals surface area contributed by atoms with E-state index in [-0.39, 0.29) is 0 Å². The summed E-state index contributed by atoms with van der Waals surface area (Å²) in [7, 11) is 1.87. The zero-order valence-electron chi connectivity index (χ0n) is 8.33. The van der Waals surface area contributed by atoms with Crippen molar-refractivity contribution in [1.82, 2.24) is 0 Å². The van der Waals surface area contributed by atoms with Crippen LogP contribution in [0.4, 0.5) is 0 Å². The minimum Gasteiger partial charge on any atom is -0.301 e. The van der Waals surface area contributed by atoms with Gasteiger partial charge in [0.05, 0.1) is 0 Å². The number of hydrogen-bond donors (Lipinski definition) is 0. The molecule has 3 atom stereocenters. The lowest BCUT2D eigenvalue weighted by Gasteiger charge is -2.26. The highest BCUT2D eigenvalue weighted by molar-refractivity contribution is 5.61. The molecule has 0 N–H and O–H groups in total. The Bertz CT molecular complexity index is 181. The summed E-state index contributed by atoms with van der Waals surface area (Å²) in [5.41, 5.74) is 0. The van der Waals surface area contributed by atoms with Crippen molar-refractivity contribution in [1.29, 1.82) is 0 Å². The number of rotatable bonds is 2. The molecule has 1 aliphatic carbocycles. The van der Waals surface area contributed by atoms with Gasteiger partial charge < -0.3 is 4.99 Å². The lowest BCUT2D eigenvalue weighted by molar-refractivity contribution is 0.406. The van der Waals surface area contributed by atoms with Crippen LogP contribution >= 0.6 is 0 Å². The molecule has 0 aromatic heterocycles. The second-order valence-electron chi connectivity index (χ2n) is 3.72. The number of nitrogens with zero attached hydrogens (tertiary/aromatic N) is 1. The van der Waals surface area contributed by atoms with E-state index < -0.39 is 0 Å². The first-order valence-electron chi connectivity index (χ1n) is 4.88. The van der Waals surface area contributed by atoms with Gasteiger partial charge >= 0.3 is 0 Å². The van der Waals surface area contributed by atoms with E-state index in [0.29, 0.717) is 11.8 Å². The minimum atomic E-state index is 0.671. The second kappa shape index (κ2) is 4.44. The highest BCUT2D eigenvalue weighted by Crippen LogP contribution is 2.28. The van der Waals surface area contributed by atoms with Crippen LogP contribution in [0.1, 0.15) is 26.7 Å². The average Bonchev–Trinajstić information content (AvgIpc) is 2.09. The molecule has 0 bridgehead atoms. The summed E-state index contributed by atoms with van der Waals surface area (Å²) in [5, 5.41) is 0. The maximum absolute atomic E-state index is 4.12. The zero-order valence-corrected chi connectivity index (χ0v) is 8.33. The molecule has 0 amide bonds. The van der Waals surface area contributed by atoms with E-state index in [2.05, 4.69) is 37.2 Å². The standard InChI is InChI=1S/C11H19N/c1-4-10-6-5-9(2)11(7-10)8-12-3/h5-6,8-11H,4,7H2,1-3H3/b12-8-. The van der Waals surface area contributed by atoms with Crippen LogP contribution < -0.4 is 0 Å². The molecule has 0 saturated heterocycles. The topological polar surface area (TPSA) is 12.4 Å². The predicted octanol–water partition coefficient (Wildman–Crippen LogP) is 2.93. The Morgan fingerprint density at radius 3 is 2.83 bits per heavy atom. The van der Waals surface area contributed by atoms with Gasteiger partial charge in [-0.3, -0.25) is 0 Å². The molecular weight excluding hydrogens is 146 g/mol. The van der Waals surface area contributed by atoms with Crippen molar-refractivity contribution < 1.29 is 0 Å². The fourth-order valence-electron chi connectivity index (χ4n) is 1.81. The number of aliphatic imine (C=N–C) groups is 1. The average molecular weight is 165 g/mol. The molecule has 0 aromatic rings. The van der Waals surface area contributed by atoms with E-state index in [1.165, 1.54) is 12.8 Å². The minimum absolute atomic E-state index is 0.671. The number of hydrogen-bond acceptors (Lipinski definition) is 1. The molecule has 1 heteroatoms. The van der Waals surface area contributed by atoms with Crippen LogP contribution in [-0.2, 0) is 0 Å². The summed E-state index contributed by atoms with van der Waals surface area (Å²) >= 11 is 0. The third-order valence-corrected chi connectivity index (χ3v) is 2.80. The fourth-order valence-corrected chi connectivity index (χ4v) is 1.81. The van der Waals surface area contributed by atoms with Gasteiger partial charge in [-0.15, -0.1) is 0 Å². The fraction of sp³-hybridized carbons (Fsp3) is 0.727. The van der Waals surface area contributed by atoms with Gasteiger partial charge in [0.25, 0.3) is 0 Å². The van der Waals surface area contributed by atoms with Gasteiger partial charge in [0.2, 0.25) is 0 Å². The smallest absolute Gasteiger partial charge is 0.0273 e. The zero-order chi connectivity index (χ0) is 8.97. The van der Waals surface area contributed by atoms with Gasteiger partial charge in [-0.1, -0.05) is 26.0 Å². The molecule has 12 heavy (non-hydrogen) atoms. The van der Waals surface area contributed by atoms with E-state index in [0.717, 1.165) is 5.92 Å². The summed E-state index contributed by atoms with van der Waals surface area (Å²) < 4.78 is 0. The van der Waals surface area contributed by atoms with E-state index in [1.807, 2.05) is 7.05 Å². The molecule has 0 radical (unpaired) electrons. The van der Waals surface area contributed by atoms with E-state index in [1.54, 1.807) is 0 Å². The summed E-state index contributed by atoms with van der Waals surface area (Å²) in [6, 6.07) is 0. The summed E-state index contributed by atoms with van der Waals surface area (Å²) in [5.74, 6) is 2.13. The molecular formula is C11H19N. The Balaban J connectivity index is 2.59. The SMILES string of the molecule is CCC1C=CC(C)C(/C=N\C)C1. The second-order valence-corrected chi connectivity index (χ2v) is 3.72. The molecule has 0 fully saturated rings. The normalized spacial score (nSPS) is 36.1. The maximum Gasteiger partial charge on any atom is 0.0273 e. The van der Waals surface area contributed by atoms with Crippen LogP contribution in [0.3, 0.4) is 0 Å². The van der Waals surface area contributed by atoms with Crippen LogP contribution in [0.25, 0.3) is 0 Å². The van der Waals surface area contributed by atoms with Crippen molar-refractivity contribution in [2.24, 2.45) is 22.7 Å². The van der Waals surface area contributed by atoms with Crippen molar-refractivity contribution in [2.45, 2.75) is 26.7 Å². The molecule has 0 saturated carbocycles. The molecule has 0 spiro atoms. The molecule has 3 unspecified atom stereocenters. The van der Waals surface area contributed by atoms with Crippen molar-refractivity contribution in [3.05, 3.63) is 12.2 Å². The molecule has 0 heterocycles. The quantitative estimate of drug-likeness (QED) is 0.440. The van der Waals surface area contributed by atoms with E-state index in [9.17, 15) is 0 Å². The van der Waals surface area contributed by atoms with Crippen molar-refractivity contribution in [3.63, 3.8) is 0 Å². The summed E-state index contributed by atoms with van der Waals surface area (Å²) in [6.07, 6.45) is 9.36. The Labute approximate surface area is 75.6 Å². The molecule has 0 aromatic carbocycles. The van der Waals surface area contributed by atoms with Gasteiger partial charge in [0, 0.05) is 19.2 Å². The van der Waals surface area contributed by atoms with E-state index in [4.69, 9.17) is 0 Å². The highest BCUT2D eigenvalue weighted by atomic mass is 14.6. The van der Waals surface area contributed by atoms with Crippen LogP contribution in [0, 0.1) is 17.8 Å². The summed E-state index contributed by atoms with van der Waals surface area (Å²) in [6.45, 7) is 4.53. The number of allylic oxidation sites excluding steroid dienone is 2. The predicted molar refractivity (Wildman–Crippen MR) is 54.6 cm³/mol. The van der Waals surface area contributed by atoms with Crippen molar-refractivity contribution >= 4 is 6.21 Å². The Kier molecular flexibility index (Phi) is 3.51. The first-order valence-corrected chi connectivity index (χ1v) is 4.88. The lowest BCUT2D eigenvalue weighted by atomic mass is 9.80. The monoisotopic (exact) mass is 165 g/mol. The van der Waals surface area contributed by atoms with Gasteiger partial charge in [0.1, 0.15) is 0 Å². The van der Waals surface area contributed by atoms with Crippen molar-refractivity contribution in [3.8, 4) is 0 Å². The highest BCUT2D eigenvalue weighted by Gasteiger charge is 2.20. The largest absolute Gasteiger partial charge is 0.301 e. The molecule has 68 valence electrons. The first-order chi connectivity index (χ1) is 5.77.